The molecule has 0 fully saturated rings. The van der Waals surface area contributed by atoms with E-state index in [0.29, 0.717) is 17.0 Å². The fourth-order valence-corrected chi connectivity index (χ4v) is 3.40. The maximum Gasteiger partial charge on any atom is 0.321 e. The molecule has 0 radical (unpaired) electrons. The van der Waals surface area contributed by atoms with Crippen molar-refractivity contribution in [3.63, 3.8) is 0 Å². The van der Waals surface area contributed by atoms with Crippen LogP contribution < -0.4 is 15.5 Å². The summed E-state index contributed by atoms with van der Waals surface area (Å²) in [6.45, 7) is 1.64. The molecule has 0 spiro atoms. The Hall–Kier alpha value is -4.00. The van der Waals surface area contributed by atoms with Crippen molar-refractivity contribution in [1.82, 2.24) is 5.32 Å². The van der Waals surface area contributed by atoms with Crippen LogP contribution in [-0.2, 0) is 4.79 Å². The number of rotatable bonds is 3. The molecule has 0 saturated heterocycles. The van der Waals surface area contributed by atoms with Gasteiger partial charge in [0.05, 0.1) is 11.4 Å². The van der Waals surface area contributed by atoms with Crippen LogP contribution in [0.25, 0.3) is 0 Å². The van der Waals surface area contributed by atoms with Crippen molar-refractivity contribution >= 4 is 29.0 Å². The molecule has 1 aliphatic heterocycles. The second-order valence-electron chi connectivity index (χ2n) is 7.22. The molecule has 156 valence electrons. The summed E-state index contributed by atoms with van der Waals surface area (Å²) in [5, 5.41) is 5.16. The van der Waals surface area contributed by atoms with Gasteiger partial charge in [-0.25, -0.2) is 14.2 Å². The monoisotopic (exact) mass is 416 g/mol. The number of hydrogen-bond acceptors (Lipinski definition) is 3. The third-order valence-corrected chi connectivity index (χ3v) is 5.09. The molecule has 6 nitrogen and oxygen atoms in total. The molecule has 3 amide bonds. The van der Waals surface area contributed by atoms with Crippen LogP contribution >= 0.6 is 0 Å². The van der Waals surface area contributed by atoms with Crippen molar-refractivity contribution in [2.24, 2.45) is 4.99 Å². The lowest BCUT2D eigenvalue weighted by molar-refractivity contribution is -0.119. The molecule has 3 aromatic carbocycles. The number of benzodiazepines with no additional fused rings is 1. The number of aliphatic imine (C=N–C) groups is 1. The van der Waals surface area contributed by atoms with Crippen molar-refractivity contribution in [2.45, 2.75) is 13.1 Å². The van der Waals surface area contributed by atoms with Crippen LogP contribution in [0.3, 0.4) is 0 Å². The van der Waals surface area contributed by atoms with E-state index < -0.39 is 18.0 Å². The predicted molar refractivity (Wildman–Crippen MR) is 119 cm³/mol. The highest BCUT2D eigenvalue weighted by molar-refractivity contribution is 6.20. The van der Waals surface area contributed by atoms with E-state index >= 15 is 0 Å². The molecule has 0 bridgehead atoms. The van der Waals surface area contributed by atoms with Gasteiger partial charge in [-0.05, 0) is 30.7 Å². The Kier molecular flexibility index (Phi) is 5.49. The predicted octanol–water partition coefficient (Wildman–Crippen LogP) is 4.10. The number of likely N-dealkylation sites (N-methyl/N-ethyl adjacent to an activating group) is 1. The van der Waals surface area contributed by atoms with Crippen molar-refractivity contribution < 1.29 is 14.0 Å². The average molecular weight is 416 g/mol. The Morgan fingerprint density at radius 1 is 1.03 bits per heavy atom. The lowest BCUT2D eigenvalue weighted by Gasteiger charge is -2.21. The highest BCUT2D eigenvalue weighted by Crippen LogP contribution is 2.27. The molecule has 0 aromatic heterocycles. The number of para-hydroxylation sites is 1. The summed E-state index contributed by atoms with van der Waals surface area (Å²) in [4.78, 5) is 31.7. The quantitative estimate of drug-likeness (QED) is 0.675. The number of carbonyl (C=O) groups excluding carboxylic acids is 2. The SMILES string of the molecule is Cc1ccc(NC(=O)NC2N=C(c3ccccc3)c3ccccc3N(C)C2=O)cc1F. The third kappa shape index (κ3) is 4.16. The summed E-state index contributed by atoms with van der Waals surface area (Å²) in [6.07, 6.45) is -1.15. The van der Waals surface area contributed by atoms with Gasteiger partial charge >= 0.3 is 6.03 Å². The summed E-state index contributed by atoms with van der Waals surface area (Å²) in [5.74, 6) is -0.813. The van der Waals surface area contributed by atoms with Crippen LogP contribution in [0.15, 0.2) is 77.8 Å². The van der Waals surface area contributed by atoms with Crippen LogP contribution in [0.4, 0.5) is 20.6 Å². The van der Waals surface area contributed by atoms with Gasteiger partial charge in [0.15, 0.2) is 0 Å². The summed E-state index contributed by atoms with van der Waals surface area (Å²) in [6, 6.07) is 20.7. The largest absolute Gasteiger partial charge is 0.321 e. The number of nitrogens with one attached hydrogen (secondary N) is 2. The van der Waals surface area contributed by atoms with E-state index in [1.807, 2.05) is 54.6 Å². The standard InChI is InChI=1S/C24H21FN4O2/c1-15-12-13-17(14-19(15)25)26-24(31)28-22-23(30)29(2)20-11-7-6-10-18(20)21(27-22)16-8-4-3-5-9-16/h3-14,22H,1-2H3,(H2,26,28,31). The lowest BCUT2D eigenvalue weighted by atomic mass is 10.0. The van der Waals surface area contributed by atoms with Gasteiger partial charge in [0, 0.05) is 23.9 Å². The number of benzene rings is 3. The second-order valence-corrected chi connectivity index (χ2v) is 7.22. The van der Waals surface area contributed by atoms with E-state index in [2.05, 4.69) is 15.6 Å². The number of aryl methyl sites for hydroxylation is 1. The molecule has 1 atom stereocenters. The first kappa shape index (κ1) is 20.3. The molecule has 0 saturated carbocycles. The zero-order valence-electron chi connectivity index (χ0n) is 17.1. The molecule has 31 heavy (non-hydrogen) atoms. The average Bonchev–Trinajstić information content (AvgIpc) is 2.88. The van der Waals surface area contributed by atoms with Crippen LogP contribution in [0, 0.1) is 12.7 Å². The molecule has 4 rings (SSSR count). The fraction of sp³-hybridized carbons (Fsp3) is 0.125. The number of carbonyl (C=O) groups is 2. The van der Waals surface area contributed by atoms with Crippen LogP contribution in [0.5, 0.6) is 0 Å². The molecule has 1 heterocycles. The summed E-state index contributed by atoms with van der Waals surface area (Å²) in [5.41, 5.74) is 3.66. The minimum Gasteiger partial charge on any atom is -0.311 e. The number of anilines is 2. The minimum absolute atomic E-state index is 0.283. The van der Waals surface area contributed by atoms with E-state index in [1.54, 1.807) is 26.1 Å². The van der Waals surface area contributed by atoms with Gasteiger partial charge in [0.1, 0.15) is 5.82 Å². The first-order chi connectivity index (χ1) is 14.9. The van der Waals surface area contributed by atoms with E-state index in [1.165, 1.54) is 11.0 Å². The van der Waals surface area contributed by atoms with E-state index in [-0.39, 0.29) is 11.6 Å². The summed E-state index contributed by atoms with van der Waals surface area (Å²) < 4.78 is 13.8. The highest BCUT2D eigenvalue weighted by atomic mass is 19.1. The Morgan fingerprint density at radius 3 is 2.48 bits per heavy atom. The Bertz CT molecular complexity index is 1180. The van der Waals surface area contributed by atoms with Crippen LogP contribution in [-0.4, -0.2) is 30.9 Å². The van der Waals surface area contributed by atoms with Gasteiger partial charge in [-0.1, -0.05) is 54.6 Å². The summed E-state index contributed by atoms with van der Waals surface area (Å²) in [7, 11) is 1.65. The maximum atomic E-state index is 13.8. The van der Waals surface area contributed by atoms with Crippen molar-refractivity contribution in [2.75, 3.05) is 17.3 Å². The van der Waals surface area contributed by atoms with Crippen molar-refractivity contribution in [1.29, 1.82) is 0 Å². The van der Waals surface area contributed by atoms with Crippen LogP contribution in [0.1, 0.15) is 16.7 Å². The molecular weight excluding hydrogens is 395 g/mol. The van der Waals surface area contributed by atoms with Crippen LogP contribution in [0.2, 0.25) is 0 Å². The molecule has 3 aromatic rings. The van der Waals surface area contributed by atoms with Gasteiger partial charge in [0.25, 0.3) is 5.91 Å². The number of nitrogens with zero attached hydrogens (tertiary/aromatic N) is 2. The molecule has 1 aliphatic rings. The maximum absolute atomic E-state index is 13.8. The number of urea groups is 1. The van der Waals surface area contributed by atoms with Crippen molar-refractivity contribution in [3.05, 3.63) is 95.3 Å². The molecule has 7 heteroatoms. The lowest BCUT2D eigenvalue weighted by Crippen LogP contribution is -2.47. The van der Waals surface area contributed by atoms with Gasteiger partial charge in [-0.15, -0.1) is 0 Å². The van der Waals surface area contributed by atoms with Gasteiger partial charge < -0.3 is 15.5 Å². The molecule has 2 N–H and O–H groups in total. The Labute approximate surface area is 179 Å². The zero-order chi connectivity index (χ0) is 22.0. The minimum atomic E-state index is -1.15. The first-order valence-corrected chi connectivity index (χ1v) is 9.78. The fourth-order valence-electron chi connectivity index (χ4n) is 3.40. The van der Waals surface area contributed by atoms with Gasteiger partial charge in [-0.3, -0.25) is 4.79 Å². The normalized spacial score (nSPS) is 15.6. The molecule has 1 unspecified atom stereocenters. The number of halogens is 1. The second kappa shape index (κ2) is 8.39. The van der Waals surface area contributed by atoms with E-state index in [9.17, 15) is 14.0 Å². The Morgan fingerprint density at radius 2 is 1.74 bits per heavy atom. The third-order valence-electron chi connectivity index (χ3n) is 5.09. The molecular formula is C24H21FN4O2. The summed E-state index contributed by atoms with van der Waals surface area (Å²) >= 11 is 0. The zero-order valence-corrected chi connectivity index (χ0v) is 17.1. The smallest absolute Gasteiger partial charge is 0.311 e. The Balaban J connectivity index is 1.67. The number of fused-ring (bicyclic) bond motifs is 1. The number of hydrogen-bond donors (Lipinski definition) is 2. The molecule has 0 aliphatic carbocycles. The highest BCUT2D eigenvalue weighted by Gasteiger charge is 2.30. The first-order valence-electron chi connectivity index (χ1n) is 9.78. The van der Waals surface area contributed by atoms with E-state index in [4.69, 9.17) is 0 Å². The van der Waals surface area contributed by atoms with Gasteiger partial charge in [-0.2, -0.15) is 0 Å². The van der Waals surface area contributed by atoms with Gasteiger partial charge in [0.2, 0.25) is 6.17 Å². The topological polar surface area (TPSA) is 73.8 Å². The number of amides is 3. The van der Waals surface area contributed by atoms with Crippen molar-refractivity contribution in [3.8, 4) is 0 Å². The van der Waals surface area contributed by atoms with E-state index in [0.717, 1.165) is 11.1 Å².